The average molecular weight is 258 g/mol. The van der Waals surface area contributed by atoms with Gasteiger partial charge in [-0.2, -0.15) is 0 Å². The van der Waals surface area contributed by atoms with Crippen LogP contribution in [0, 0.1) is 5.82 Å². The van der Waals surface area contributed by atoms with Gasteiger partial charge in [0.25, 0.3) is 0 Å². The number of aromatic nitrogens is 1. The molecule has 2 atom stereocenters. The average Bonchev–Trinajstić information content (AvgIpc) is 2.42. The molecule has 1 unspecified atom stereocenters. The number of benzene rings is 1. The summed E-state index contributed by atoms with van der Waals surface area (Å²) in [4.78, 5) is 4.11. The lowest BCUT2D eigenvalue weighted by atomic mass is 10.0. The first-order valence-electron chi connectivity index (χ1n) is 6.56. The van der Waals surface area contributed by atoms with Crippen molar-refractivity contribution in [2.24, 2.45) is 0 Å². The Kier molecular flexibility index (Phi) is 4.63. The largest absolute Gasteiger partial charge is 0.307 e. The van der Waals surface area contributed by atoms with Gasteiger partial charge < -0.3 is 5.32 Å². The van der Waals surface area contributed by atoms with Crippen molar-refractivity contribution in [3.8, 4) is 0 Å². The molecule has 19 heavy (non-hydrogen) atoms. The topological polar surface area (TPSA) is 24.9 Å². The fourth-order valence-corrected chi connectivity index (χ4v) is 2.21. The molecule has 1 aromatic carbocycles. The van der Waals surface area contributed by atoms with Crippen molar-refractivity contribution in [2.75, 3.05) is 0 Å². The number of pyridine rings is 1. The summed E-state index contributed by atoms with van der Waals surface area (Å²) >= 11 is 0. The molecule has 2 nitrogen and oxygen atoms in total. The predicted molar refractivity (Wildman–Crippen MR) is 75.4 cm³/mol. The van der Waals surface area contributed by atoms with Crippen molar-refractivity contribution >= 4 is 0 Å². The number of hydrogen-bond donors (Lipinski definition) is 1. The third-order valence-electron chi connectivity index (χ3n) is 3.20. The van der Waals surface area contributed by atoms with Gasteiger partial charge in [-0.3, -0.25) is 4.98 Å². The summed E-state index contributed by atoms with van der Waals surface area (Å²) in [5.41, 5.74) is 1.89. The third-order valence-corrected chi connectivity index (χ3v) is 3.20. The van der Waals surface area contributed by atoms with Crippen LogP contribution in [0.1, 0.15) is 31.0 Å². The minimum absolute atomic E-state index is 0.134. The number of rotatable bonds is 5. The zero-order chi connectivity index (χ0) is 13.7. The molecular formula is C16H19FN2. The summed E-state index contributed by atoms with van der Waals surface area (Å²) in [6, 6.07) is 11.3. The summed E-state index contributed by atoms with van der Waals surface area (Å²) in [6.45, 7) is 4.16. The van der Waals surface area contributed by atoms with Crippen LogP contribution in [-0.4, -0.2) is 11.0 Å². The molecule has 0 radical (unpaired) electrons. The molecule has 1 N–H and O–H groups in total. The van der Waals surface area contributed by atoms with Crippen molar-refractivity contribution in [3.05, 3.63) is 65.7 Å². The van der Waals surface area contributed by atoms with Gasteiger partial charge in [0.05, 0.1) is 0 Å². The first-order valence-corrected chi connectivity index (χ1v) is 6.56. The minimum Gasteiger partial charge on any atom is -0.307 e. The molecular weight excluding hydrogens is 239 g/mol. The zero-order valence-corrected chi connectivity index (χ0v) is 11.3. The lowest BCUT2D eigenvalue weighted by molar-refractivity contribution is 0.468. The maximum absolute atomic E-state index is 13.6. The van der Waals surface area contributed by atoms with E-state index in [1.54, 1.807) is 12.3 Å². The summed E-state index contributed by atoms with van der Waals surface area (Å²) in [6.07, 6.45) is 4.30. The molecule has 3 heteroatoms. The first kappa shape index (κ1) is 13.7. The van der Waals surface area contributed by atoms with Gasteiger partial charge in [0.1, 0.15) is 5.82 Å². The zero-order valence-electron chi connectivity index (χ0n) is 11.3. The van der Waals surface area contributed by atoms with E-state index in [-0.39, 0.29) is 17.9 Å². The number of hydrogen-bond acceptors (Lipinski definition) is 2. The highest BCUT2D eigenvalue weighted by Gasteiger charge is 2.11. The summed E-state index contributed by atoms with van der Waals surface area (Å²) in [7, 11) is 0. The van der Waals surface area contributed by atoms with E-state index in [1.165, 1.54) is 6.07 Å². The monoisotopic (exact) mass is 258 g/mol. The Morgan fingerprint density at radius 3 is 2.63 bits per heavy atom. The highest BCUT2D eigenvalue weighted by atomic mass is 19.1. The van der Waals surface area contributed by atoms with E-state index in [9.17, 15) is 4.39 Å². The van der Waals surface area contributed by atoms with Crippen LogP contribution in [0.25, 0.3) is 0 Å². The fraction of sp³-hybridized carbons (Fsp3) is 0.312. The highest BCUT2D eigenvalue weighted by molar-refractivity contribution is 5.19. The van der Waals surface area contributed by atoms with Gasteiger partial charge in [-0.15, -0.1) is 0 Å². The summed E-state index contributed by atoms with van der Waals surface area (Å²) in [5, 5.41) is 3.47. The van der Waals surface area contributed by atoms with Gasteiger partial charge in [-0.05, 0) is 43.5 Å². The number of nitrogens with zero attached hydrogens (tertiary/aromatic N) is 1. The molecule has 2 aromatic rings. The van der Waals surface area contributed by atoms with E-state index in [0.29, 0.717) is 6.42 Å². The summed E-state index contributed by atoms with van der Waals surface area (Å²) in [5.74, 6) is -0.134. The van der Waals surface area contributed by atoms with Crippen LogP contribution in [0.3, 0.4) is 0 Å². The van der Waals surface area contributed by atoms with Crippen LogP contribution < -0.4 is 5.32 Å². The molecule has 0 amide bonds. The SMILES string of the molecule is CC(Cc1ccccc1F)N[C@@H](C)c1cccnc1. The van der Waals surface area contributed by atoms with Crippen LogP contribution in [0.5, 0.6) is 0 Å². The molecule has 0 aliphatic rings. The summed E-state index contributed by atoms with van der Waals surface area (Å²) < 4.78 is 13.6. The molecule has 0 bridgehead atoms. The lowest BCUT2D eigenvalue weighted by Gasteiger charge is -2.20. The van der Waals surface area contributed by atoms with Crippen LogP contribution in [0.4, 0.5) is 4.39 Å². The normalized spacial score (nSPS) is 14.1. The second-order valence-corrected chi connectivity index (χ2v) is 4.87. The van der Waals surface area contributed by atoms with Crippen LogP contribution >= 0.6 is 0 Å². The Labute approximate surface area is 113 Å². The van der Waals surface area contributed by atoms with Gasteiger partial charge in [0.2, 0.25) is 0 Å². The Morgan fingerprint density at radius 2 is 1.95 bits per heavy atom. The second kappa shape index (κ2) is 6.43. The van der Waals surface area contributed by atoms with Crippen molar-refractivity contribution in [1.82, 2.24) is 10.3 Å². The number of nitrogens with one attached hydrogen (secondary N) is 1. The molecule has 1 heterocycles. The lowest BCUT2D eigenvalue weighted by Crippen LogP contribution is -2.31. The number of halogens is 1. The maximum atomic E-state index is 13.6. The Bertz CT molecular complexity index is 513. The highest BCUT2D eigenvalue weighted by Crippen LogP contribution is 2.14. The van der Waals surface area contributed by atoms with Crippen LogP contribution in [-0.2, 0) is 6.42 Å². The Morgan fingerprint density at radius 1 is 1.16 bits per heavy atom. The minimum atomic E-state index is -0.134. The van der Waals surface area contributed by atoms with Gasteiger partial charge in [-0.1, -0.05) is 24.3 Å². The van der Waals surface area contributed by atoms with Crippen LogP contribution in [0.15, 0.2) is 48.8 Å². The van der Waals surface area contributed by atoms with E-state index < -0.39 is 0 Å². The smallest absolute Gasteiger partial charge is 0.126 e. The van der Waals surface area contributed by atoms with Crippen LogP contribution in [0.2, 0.25) is 0 Å². The fourth-order valence-electron chi connectivity index (χ4n) is 2.21. The molecule has 100 valence electrons. The van der Waals surface area contributed by atoms with E-state index in [1.807, 2.05) is 30.5 Å². The van der Waals surface area contributed by atoms with Crippen molar-refractivity contribution < 1.29 is 4.39 Å². The standard InChI is InChI=1S/C16H19FN2/c1-12(10-14-6-3-4-8-16(14)17)19-13(2)15-7-5-9-18-11-15/h3-9,11-13,19H,10H2,1-2H3/t12?,13-/m0/s1. The van der Waals surface area contributed by atoms with E-state index >= 15 is 0 Å². The van der Waals surface area contributed by atoms with Gasteiger partial charge in [-0.25, -0.2) is 4.39 Å². The molecule has 0 spiro atoms. The third kappa shape index (κ3) is 3.86. The molecule has 0 saturated heterocycles. The van der Waals surface area contributed by atoms with Crippen molar-refractivity contribution in [1.29, 1.82) is 0 Å². The van der Waals surface area contributed by atoms with Gasteiger partial charge in [0.15, 0.2) is 0 Å². The van der Waals surface area contributed by atoms with Crippen molar-refractivity contribution in [2.45, 2.75) is 32.4 Å². The van der Waals surface area contributed by atoms with E-state index in [4.69, 9.17) is 0 Å². The van der Waals surface area contributed by atoms with Crippen molar-refractivity contribution in [3.63, 3.8) is 0 Å². The van der Waals surface area contributed by atoms with E-state index in [2.05, 4.69) is 24.1 Å². The quantitative estimate of drug-likeness (QED) is 0.887. The van der Waals surface area contributed by atoms with Gasteiger partial charge in [0, 0.05) is 24.5 Å². The van der Waals surface area contributed by atoms with E-state index in [0.717, 1.165) is 11.1 Å². The maximum Gasteiger partial charge on any atom is 0.126 e. The predicted octanol–water partition coefficient (Wildman–Crippen LogP) is 3.50. The molecule has 0 saturated carbocycles. The molecule has 0 fully saturated rings. The molecule has 1 aromatic heterocycles. The first-order chi connectivity index (χ1) is 9.16. The second-order valence-electron chi connectivity index (χ2n) is 4.87. The Hall–Kier alpha value is -1.74. The molecule has 0 aliphatic carbocycles. The van der Waals surface area contributed by atoms with Gasteiger partial charge >= 0.3 is 0 Å². The molecule has 0 aliphatic heterocycles. The molecule has 2 rings (SSSR count). The Balaban J connectivity index is 1.95.